The Morgan fingerprint density at radius 1 is 1.43 bits per heavy atom. The second-order valence-corrected chi connectivity index (χ2v) is 7.30. The minimum atomic E-state index is -0.256. The number of amides is 1. The Labute approximate surface area is 140 Å². The molecule has 5 nitrogen and oxygen atoms in total. The molecule has 2 rings (SSSR count). The average molecular weight is 363 g/mol. The number of nitrogens with one attached hydrogen (secondary N) is 1. The van der Waals surface area contributed by atoms with Gasteiger partial charge in [-0.2, -0.15) is 0 Å². The van der Waals surface area contributed by atoms with Gasteiger partial charge in [0.2, 0.25) is 11.0 Å². The van der Waals surface area contributed by atoms with Crippen LogP contribution in [0.4, 0.5) is 5.13 Å². The number of rotatable bonds is 5. The van der Waals surface area contributed by atoms with Gasteiger partial charge in [0.25, 0.3) is 0 Å². The molecule has 0 unspecified atom stereocenters. The number of carbonyl (C=O) groups is 1. The highest BCUT2D eigenvalue weighted by molar-refractivity contribution is 8.01. The number of hydrogen-bond donors (Lipinski definition) is 1. The number of pyridine rings is 1. The van der Waals surface area contributed by atoms with Gasteiger partial charge in [0.15, 0.2) is 4.34 Å². The molecule has 2 aromatic heterocycles. The summed E-state index contributed by atoms with van der Waals surface area (Å²) in [7, 11) is 0. The molecule has 2 aromatic rings. The standard InChI is InChI=1S/C12H12Cl2N4OS2/c1-3-20-12-18-17-11(21-12)16-9(19)5-7-8(13)4-6(2)15-10(7)14/h4H,3,5H2,1-2H3,(H,16,17,19). The summed E-state index contributed by atoms with van der Waals surface area (Å²) in [5.74, 6) is 0.650. The van der Waals surface area contributed by atoms with Crippen LogP contribution in [0.3, 0.4) is 0 Å². The highest BCUT2D eigenvalue weighted by atomic mass is 35.5. The number of halogens is 2. The van der Waals surface area contributed by atoms with Gasteiger partial charge in [-0.05, 0) is 18.7 Å². The number of thioether (sulfide) groups is 1. The molecule has 0 bridgehead atoms. The third kappa shape index (κ3) is 4.54. The zero-order valence-corrected chi connectivity index (χ0v) is 14.5. The van der Waals surface area contributed by atoms with Gasteiger partial charge in [0.05, 0.1) is 6.42 Å². The van der Waals surface area contributed by atoms with E-state index in [-0.39, 0.29) is 17.5 Å². The summed E-state index contributed by atoms with van der Waals surface area (Å²) >= 11 is 15.0. The summed E-state index contributed by atoms with van der Waals surface area (Å²) in [5, 5.41) is 11.7. The zero-order valence-electron chi connectivity index (χ0n) is 11.3. The number of aryl methyl sites for hydroxylation is 1. The molecule has 0 spiro atoms. The highest BCUT2D eigenvalue weighted by Crippen LogP contribution is 2.27. The van der Waals surface area contributed by atoms with Crippen LogP contribution in [0.1, 0.15) is 18.2 Å². The maximum Gasteiger partial charge on any atom is 0.230 e. The first-order chi connectivity index (χ1) is 9.99. The van der Waals surface area contributed by atoms with Crippen LogP contribution in [0, 0.1) is 6.92 Å². The van der Waals surface area contributed by atoms with Crippen molar-refractivity contribution in [2.45, 2.75) is 24.6 Å². The molecule has 0 aliphatic heterocycles. The molecule has 0 aliphatic carbocycles. The van der Waals surface area contributed by atoms with Crippen molar-refractivity contribution < 1.29 is 4.79 Å². The number of aromatic nitrogens is 3. The minimum Gasteiger partial charge on any atom is -0.300 e. The fourth-order valence-electron chi connectivity index (χ4n) is 1.55. The Morgan fingerprint density at radius 3 is 2.86 bits per heavy atom. The maximum absolute atomic E-state index is 12.0. The van der Waals surface area contributed by atoms with E-state index >= 15 is 0 Å². The molecule has 2 heterocycles. The van der Waals surface area contributed by atoms with Crippen LogP contribution >= 0.6 is 46.3 Å². The van der Waals surface area contributed by atoms with Gasteiger partial charge in [-0.25, -0.2) is 4.98 Å². The first-order valence-electron chi connectivity index (χ1n) is 6.07. The smallest absolute Gasteiger partial charge is 0.230 e. The Bertz CT molecular complexity index is 639. The summed E-state index contributed by atoms with van der Waals surface area (Å²) < 4.78 is 0.820. The molecular formula is C12H12Cl2N4OS2. The molecule has 0 atom stereocenters. The van der Waals surface area contributed by atoms with E-state index in [1.807, 2.05) is 6.92 Å². The molecule has 0 aliphatic rings. The molecule has 112 valence electrons. The molecule has 1 amide bonds. The Kier molecular flexibility index (Phi) is 5.80. The predicted molar refractivity (Wildman–Crippen MR) is 87.6 cm³/mol. The first-order valence-corrected chi connectivity index (χ1v) is 8.63. The summed E-state index contributed by atoms with van der Waals surface area (Å²) in [6.45, 7) is 3.81. The van der Waals surface area contributed by atoms with Crippen LogP contribution in [0.25, 0.3) is 0 Å². The first kappa shape index (κ1) is 16.5. The van der Waals surface area contributed by atoms with E-state index in [1.165, 1.54) is 11.3 Å². The van der Waals surface area contributed by atoms with Crippen molar-refractivity contribution in [3.05, 3.63) is 27.5 Å². The lowest BCUT2D eigenvalue weighted by atomic mass is 10.2. The van der Waals surface area contributed by atoms with Gasteiger partial charge in [0, 0.05) is 16.3 Å². The van der Waals surface area contributed by atoms with Crippen LogP contribution < -0.4 is 5.32 Å². The van der Waals surface area contributed by atoms with Gasteiger partial charge in [-0.15, -0.1) is 10.2 Å². The molecule has 1 N–H and O–H groups in total. The summed E-state index contributed by atoms with van der Waals surface area (Å²) in [6.07, 6.45) is 0.0424. The molecular weight excluding hydrogens is 351 g/mol. The fourth-order valence-corrected chi connectivity index (χ4v) is 3.88. The predicted octanol–water partition coefficient (Wildman–Crippen LogP) is 3.84. The van der Waals surface area contributed by atoms with Crippen LogP contribution in [-0.4, -0.2) is 26.8 Å². The zero-order chi connectivity index (χ0) is 15.4. The van der Waals surface area contributed by atoms with Gasteiger partial charge in [-0.1, -0.05) is 53.2 Å². The molecule has 0 radical (unpaired) electrons. The lowest BCUT2D eigenvalue weighted by molar-refractivity contribution is -0.115. The van der Waals surface area contributed by atoms with Crippen molar-refractivity contribution in [1.82, 2.24) is 15.2 Å². The van der Waals surface area contributed by atoms with Crippen molar-refractivity contribution in [3.63, 3.8) is 0 Å². The molecule has 0 saturated heterocycles. The molecule has 0 fully saturated rings. The quantitative estimate of drug-likeness (QED) is 0.497. The molecule has 0 saturated carbocycles. The number of nitrogens with zero attached hydrogens (tertiary/aromatic N) is 3. The third-order valence-corrected chi connectivity index (χ3v) is 4.91. The number of hydrogen-bond acceptors (Lipinski definition) is 6. The monoisotopic (exact) mass is 362 g/mol. The van der Waals surface area contributed by atoms with E-state index in [9.17, 15) is 4.79 Å². The molecule has 0 aromatic carbocycles. The Hall–Kier alpha value is -0.890. The summed E-state index contributed by atoms with van der Waals surface area (Å²) in [4.78, 5) is 16.1. The Balaban J connectivity index is 2.04. The largest absolute Gasteiger partial charge is 0.300 e. The van der Waals surface area contributed by atoms with Crippen LogP contribution in [-0.2, 0) is 11.2 Å². The fraction of sp³-hybridized carbons (Fsp3) is 0.333. The lowest BCUT2D eigenvalue weighted by Gasteiger charge is -2.07. The minimum absolute atomic E-state index is 0.0424. The van der Waals surface area contributed by atoms with Crippen LogP contribution in [0.15, 0.2) is 10.4 Å². The number of anilines is 1. The van der Waals surface area contributed by atoms with Crippen molar-refractivity contribution in [2.75, 3.05) is 11.1 Å². The topological polar surface area (TPSA) is 67.8 Å². The van der Waals surface area contributed by atoms with Gasteiger partial charge in [-0.3, -0.25) is 4.79 Å². The second-order valence-electron chi connectivity index (χ2n) is 4.05. The van der Waals surface area contributed by atoms with Gasteiger partial charge in [0.1, 0.15) is 5.15 Å². The van der Waals surface area contributed by atoms with E-state index in [1.54, 1.807) is 24.8 Å². The van der Waals surface area contributed by atoms with Crippen LogP contribution in [0.5, 0.6) is 0 Å². The highest BCUT2D eigenvalue weighted by Gasteiger charge is 2.14. The van der Waals surface area contributed by atoms with E-state index in [4.69, 9.17) is 23.2 Å². The van der Waals surface area contributed by atoms with Gasteiger partial charge < -0.3 is 5.32 Å². The maximum atomic E-state index is 12.0. The lowest BCUT2D eigenvalue weighted by Crippen LogP contribution is -2.15. The van der Waals surface area contributed by atoms with Crippen molar-refractivity contribution in [3.8, 4) is 0 Å². The Morgan fingerprint density at radius 2 is 2.19 bits per heavy atom. The summed E-state index contributed by atoms with van der Waals surface area (Å²) in [5.41, 5.74) is 1.22. The van der Waals surface area contributed by atoms with E-state index in [0.29, 0.717) is 21.4 Å². The average Bonchev–Trinajstić information content (AvgIpc) is 2.81. The molecule has 9 heteroatoms. The summed E-state index contributed by atoms with van der Waals surface area (Å²) in [6, 6.07) is 1.68. The SMILES string of the molecule is CCSc1nnc(NC(=O)Cc2c(Cl)cc(C)nc2Cl)s1. The van der Waals surface area contributed by atoms with E-state index < -0.39 is 0 Å². The van der Waals surface area contributed by atoms with E-state index in [0.717, 1.165) is 10.1 Å². The third-order valence-electron chi connectivity index (χ3n) is 2.41. The molecule has 21 heavy (non-hydrogen) atoms. The van der Waals surface area contributed by atoms with Crippen molar-refractivity contribution in [2.24, 2.45) is 0 Å². The normalized spacial score (nSPS) is 10.7. The second kappa shape index (κ2) is 7.40. The van der Waals surface area contributed by atoms with E-state index in [2.05, 4.69) is 20.5 Å². The van der Waals surface area contributed by atoms with Gasteiger partial charge >= 0.3 is 0 Å². The van der Waals surface area contributed by atoms with Crippen molar-refractivity contribution in [1.29, 1.82) is 0 Å². The number of carbonyl (C=O) groups excluding carboxylic acids is 1. The van der Waals surface area contributed by atoms with Crippen molar-refractivity contribution >= 4 is 57.3 Å². The van der Waals surface area contributed by atoms with Crippen LogP contribution in [0.2, 0.25) is 10.2 Å².